The molecule has 0 aromatic rings. The first-order chi connectivity index (χ1) is 11.1. The van der Waals surface area contributed by atoms with Gasteiger partial charge in [-0.2, -0.15) is 0 Å². The van der Waals surface area contributed by atoms with E-state index in [0.717, 1.165) is 96.3 Å². The maximum atomic E-state index is 14.8. The van der Waals surface area contributed by atoms with E-state index < -0.39 is 13.2 Å². The fraction of sp³-hybridized carbons (Fsp3) is 1.00. The first-order valence-electron chi connectivity index (χ1n) is 10.1. The molecule has 0 radical (unpaired) electrons. The van der Waals surface area contributed by atoms with Crippen LogP contribution in [0.25, 0.3) is 0 Å². The van der Waals surface area contributed by atoms with Crippen molar-refractivity contribution >= 4 is 7.26 Å². The molecule has 0 spiro atoms. The van der Waals surface area contributed by atoms with Crippen molar-refractivity contribution in [2.45, 2.75) is 119 Å². The van der Waals surface area contributed by atoms with Crippen LogP contribution in [-0.4, -0.2) is 22.9 Å². The van der Waals surface area contributed by atoms with Gasteiger partial charge in [-0.25, -0.2) is 0 Å². The molecule has 0 unspecified atom stereocenters. The van der Waals surface area contributed by atoms with Crippen LogP contribution in [0, 0.1) is 0 Å². The molecule has 3 aliphatic carbocycles. The molecule has 0 atom stereocenters. The third kappa shape index (κ3) is 3.46. The molecular formula is C19H34F3P. The van der Waals surface area contributed by atoms with Gasteiger partial charge in [-0.15, -0.1) is 0 Å². The van der Waals surface area contributed by atoms with Gasteiger partial charge in [0.1, 0.15) is 0 Å². The van der Waals surface area contributed by atoms with Crippen LogP contribution in [0.15, 0.2) is 0 Å². The zero-order valence-corrected chi connectivity index (χ0v) is 15.5. The van der Waals surface area contributed by atoms with E-state index in [1.54, 1.807) is 0 Å². The molecule has 0 aromatic heterocycles. The van der Waals surface area contributed by atoms with Gasteiger partial charge in [0.15, 0.2) is 0 Å². The van der Waals surface area contributed by atoms with Gasteiger partial charge in [0.25, 0.3) is 0 Å². The predicted octanol–water partition coefficient (Wildman–Crippen LogP) is 7.25. The van der Waals surface area contributed by atoms with E-state index >= 15 is 0 Å². The minimum atomic E-state index is -3.88. The number of hydrogen-bond donors (Lipinski definition) is 0. The van der Waals surface area contributed by atoms with Crippen molar-refractivity contribution in [3.05, 3.63) is 0 Å². The molecule has 0 bridgehead atoms. The SMILES string of the molecule is FC(F)(F)[PH](C1CCCCC1)(C1CCCCC1)C1CCCCC1. The second kappa shape index (κ2) is 7.63. The standard InChI is InChI=1S/C19H34F3P/c20-19(21,22)23(16-10-4-1-5-11-16,17-12-6-2-7-13-17)18-14-8-3-9-15-18/h16-18,23H,1-15H2. The second-order valence-corrected chi connectivity index (χ2v) is 13.3. The third-order valence-electron chi connectivity index (χ3n) is 7.33. The summed E-state index contributed by atoms with van der Waals surface area (Å²) in [5.74, 6) is -3.88. The van der Waals surface area contributed by atoms with Gasteiger partial charge in [0, 0.05) is 0 Å². The molecule has 3 aliphatic rings. The summed E-state index contributed by atoms with van der Waals surface area (Å²) in [5.41, 5.74) is 0.132. The van der Waals surface area contributed by atoms with Crippen LogP contribution in [0.5, 0.6) is 0 Å². The molecule has 0 amide bonds. The zero-order chi connectivity index (χ0) is 16.3. The topological polar surface area (TPSA) is 0 Å². The van der Waals surface area contributed by atoms with Crippen LogP contribution >= 0.6 is 7.26 Å². The molecular weight excluding hydrogens is 316 g/mol. The fourth-order valence-corrected chi connectivity index (χ4v) is 13.9. The zero-order valence-electron chi connectivity index (χ0n) is 14.5. The molecule has 4 heteroatoms. The summed E-state index contributed by atoms with van der Waals surface area (Å²) in [6, 6.07) is 0. The van der Waals surface area contributed by atoms with Crippen molar-refractivity contribution < 1.29 is 13.2 Å². The monoisotopic (exact) mass is 350 g/mol. The Bertz CT molecular complexity index is 316. The molecule has 3 fully saturated rings. The first-order valence-corrected chi connectivity index (χ1v) is 12.4. The first kappa shape index (κ1) is 18.0. The van der Waals surface area contributed by atoms with Gasteiger partial charge in [-0.3, -0.25) is 0 Å². The van der Waals surface area contributed by atoms with Crippen LogP contribution in [0.3, 0.4) is 0 Å². The average molecular weight is 350 g/mol. The molecule has 3 rings (SSSR count). The van der Waals surface area contributed by atoms with Crippen LogP contribution in [0.2, 0.25) is 0 Å². The van der Waals surface area contributed by atoms with Crippen LogP contribution < -0.4 is 0 Å². The summed E-state index contributed by atoms with van der Waals surface area (Å²) in [6.07, 6.45) is 15.1. The predicted molar refractivity (Wildman–Crippen MR) is 95.0 cm³/mol. The molecule has 0 heterocycles. The minimum absolute atomic E-state index is 0.0439. The molecule has 0 saturated heterocycles. The van der Waals surface area contributed by atoms with Crippen LogP contribution in [-0.2, 0) is 0 Å². The van der Waals surface area contributed by atoms with Crippen LogP contribution in [0.4, 0.5) is 13.2 Å². The summed E-state index contributed by atoms with van der Waals surface area (Å²) < 4.78 is 44.4. The van der Waals surface area contributed by atoms with E-state index in [1.807, 2.05) is 0 Å². The Labute approximate surface area is 140 Å². The van der Waals surface area contributed by atoms with Crippen molar-refractivity contribution in [3.8, 4) is 0 Å². The Kier molecular flexibility index (Phi) is 5.98. The Morgan fingerprint density at radius 2 is 0.739 bits per heavy atom. The molecule has 136 valence electrons. The van der Waals surface area contributed by atoms with Crippen molar-refractivity contribution in [2.75, 3.05) is 0 Å². The van der Waals surface area contributed by atoms with E-state index in [2.05, 4.69) is 0 Å². The molecule has 0 N–H and O–H groups in total. The van der Waals surface area contributed by atoms with Crippen molar-refractivity contribution in [1.82, 2.24) is 0 Å². The summed E-state index contributed by atoms with van der Waals surface area (Å²) in [5, 5.41) is 0. The summed E-state index contributed by atoms with van der Waals surface area (Å²) in [4.78, 5) is 0. The van der Waals surface area contributed by atoms with E-state index in [1.165, 1.54) is 0 Å². The second-order valence-electron chi connectivity index (χ2n) is 8.44. The van der Waals surface area contributed by atoms with E-state index in [4.69, 9.17) is 0 Å². The summed E-state index contributed by atoms with van der Waals surface area (Å²) >= 11 is 0. The van der Waals surface area contributed by atoms with Gasteiger partial charge in [-0.05, 0) is 0 Å². The van der Waals surface area contributed by atoms with E-state index in [9.17, 15) is 13.2 Å². The van der Waals surface area contributed by atoms with Crippen molar-refractivity contribution in [2.24, 2.45) is 0 Å². The molecule has 0 aliphatic heterocycles. The van der Waals surface area contributed by atoms with E-state index in [-0.39, 0.29) is 17.0 Å². The molecule has 3 saturated carbocycles. The number of halogens is 3. The van der Waals surface area contributed by atoms with Gasteiger partial charge in [0.05, 0.1) is 0 Å². The number of rotatable bonds is 3. The third-order valence-corrected chi connectivity index (χ3v) is 14.1. The Hall–Kier alpha value is 0.220. The van der Waals surface area contributed by atoms with Gasteiger partial charge in [-0.1, -0.05) is 0 Å². The van der Waals surface area contributed by atoms with E-state index in [0.29, 0.717) is 0 Å². The number of hydrogen-bond acceptors (Lipinski definition) is 0. The fourth-order valence-electron chi connectivity index (χ4n) is 6.44. The molecule has 0 aromatic carbocycles. The van der Waals surface area contributed by atoms with Gasteiger partial charge >= 0.3 is 140 Å². The Balaban J connectivity index is 1.99. The Morgan fingerprint density at radius 3 is 0.957 bits per heavy atom. The molecule has 0 nitrogen and oxygen atoms in total. The summed E-state index contributed by atoms with van der Waals surface area (Å²) in [7, 11) is -3.29. The van der Waals surface area contributed by atoms with Crippen molar-refractivity contribution in [3.63, 3.8) is 0 Å². The Morgan fingerprint density at radius 1 is 0.478 bits per heavy atom. The summed E-state index contributed by atoms with van der Waals surface area (Å²) in [6.45, 7) is 0. The normalized spacial score (nSPS) is 28.0. The van der Waals surface area contributed by atoms with Gasteiger partial charge < -0.3 is 0 Å². The quantitative estimate of drug-likeness (QED) is 0.470. The number of alkyl halides is 3. The maximum absolute atomic E-state index is 14.8. The average Bonchev–Trinajstić information content (AvgIpc) is 2.57. The molecule has 23 heavy (non-hydrogen) atoms. The van der Waals surface area contributed by atoms with Crippen LogP contribution in [0.1, 0.15) is 96.3 Å². The van der Waals surface area contributed by atoms with Gasteiger partial charge in [0.2, 0.25) is 0 Å². The van der Waals surface area contributed by atoms with Crippen molar-refractivity contribution in [1.29, 1.82) is 0 Å².